The molecule has 0 N–H and O–H groups in total. The second-order valence-corrected chi connectivity index (χ2v) is 6.76. The van der Waals surface area contributed by atoms with E-state index >= 15 is 0 Å². The van der Waals surface area contributed by atoms with Gasteiger partial charge in [-0.25, -0.2) is 0 Å². The van der Waals surface area contributed by atoms with Crippen LogP contribution in [0.2, 0.25) is 0 Å². The van der Waals surface area contributed by atoms with Crippen LogP contribution in [0.3, 0.4) is 0 Å². The van der Waals surface area contributed by atoms with Gasteiger partial charge in [-0.3, -0.25) is 9.69 Å². The molecule has 4 heteroatoms. The Morgan fingerprint density at radius 1 is 1.04 bits per heavy atom. The summed E-state index contributed by atoms with van der Waals surface area (Å²) in [6.07, 6.45) is 1.13. The highest BCUT2D eigenvalue weighted by Crippen LogP contribution is 2.24. The zero-order chi connectivity index (χ0) is 18.4. The number of hydrogen-bond acceptors (Lipinski definition) is 4. The van der Waals surface area contributed by atoms with Gasteiger partial charge in [0.25, 0.3) is 0 Å². The van der Waals surface area contributed by atoms with Crippen molar-refractivity contribution in [3.05, 3.63) is 59.7 Å². The number of ketones is 1. The molecule has 0 aromatic heterocycles. The van der Waals surface area contributed by atoms with Gasteiger partial charge >= 0.3 is 0 Å². The van der Waals surface area contributed by atoms with Crippen LogP contribution in [0.4, 0.5) is 5.69 Å². The van der Waals surface area contributed by atoms with Gasteiger partial charge in [0.05, 0.1) is 6.61 Å². The maximum atomic E-state index is 11.8. The Kier molecular flexibility index (Phi) is 6.29. The van der Waals surface area contributed by atoms with Gasteiger partial charge in [-0.1, -0.05) is 18.2 Å². The third kappa shape index (κ3) is 4.64. The summed E-state index contributed by atoms with van der Waals surface area (Å²) in [5.41, 5.74) is 3.15. The molecule has 1 heterocycles. The van der Waals surface area contributed by atoms with Gasteiger partial charge in [0, 0.05) is 49.5 Å². The summed E-state index contributed by atoms with van der Waals surface area (Å²) in [5.74, 6) is 0.988. The number of ether oxygens (including phenoxy) is 1. The molecule has 138 valence electrons. The van der Waals surface area contributed by atoms with E-state index in [4.69, 9.17) is 4.74 Å². The summed E-state index contributed by atoms with van der Waals surface area (Å²) >= 11 is 0. The van der Waals surface area contributed by atoms with Crippen LogP contribution in [-0.4, -0.2) is 43.5 Å². The molecule has 0 unspecified atom stereocenters. The minimum absolute atomic E-state index is 0.0976. The number of rotatable bonds is 6. The van der Waals surface area contributed by atoms with Gasteiger partial charge in [0.2, 0.25) is 0 Å². The van der Waals surface area contributed by atoms with Crippen molar-refractivity contribution >= 4 is 11.5 Å². The zero-order valence-corrected chi connectivity index (χ0v) is 15.8. The third-order valence-electron chi connectivity index (χ3n) is 4.87. The van der Waals surface area contributed by atoms with E-state index in [0.717, 1.165) is 56.0 Å². The molecule has 1 aliphatic rings. The molecule has 0 atom stereocenters. The molecule has 3 rings (SSSR count). The first-order valence-corrected chi connectivity index (χ1v) is 9.46. The molecule has 1 aliphatic heterocycles. The van der Waals surface area contributed by atoms with Crippen LogP contribution >= 0.6 is 0 Å². The summed E-state index contributed by atoms with van der Waals surface area (Å²) in [6, 6.07) is 16.4. The van der Waals surface area contributed by atoms with Gasteiger partial charge in [-0.15, -0.1) is 0 Å². The number of carbonyl (C=O) groups excluding carboxylic acids is 1. The van der Waals surface area contributed by atoms with Crippen molar-refractivity contribution in [1.29, 1.82) is 0 Å². The van der Waals surface area contributed by atoms with Crippen LogP contribution < -0.4 is 9.64 Å². The Morgan fingerprint density at radius 2 is 1.85 bits per heavy atom. The van der Waals surface area contributed by atoms with E-state index in [2.05, 4.69) is 40.1 Å². The largest absolute Gasteiger partial charge is 0.494 e. The first kappa shape index (κ1) is 18.5. The van der Waals surface area contributed by atoms with E-state index in [9.17, 15) is 4.79 Å². The van der Waals surface area contributed by atoms with Gasteiger partial charge in [0.1, 0.15) is 5.75 Å². The van der Waals surface area contributed by atoms with Crippen molar-refractivity contribution in [2.75, 3.05) is 37.7 Å². The van der Waals surface area contributed by atoms with Crippen LogP contribution in [0.1, 0.15) is 36.2 Å². The average molecular weight is 352 g/mol. The second-order valence-electron chi connectivity index (χ2n) is 6.76. The molecule has 0 bridgehead atoms. The summed E-state index contributed by atoms with van der Waals surface area (Å²) in [5, 5.41) is 0. The van der Waals surface area contributed by atoms with Crippen molar-refractivity contribution in [2.45, 2.75) is 26.8 Å². The molecule has 4 nitrogen and oxygen atoms in total. The number of nitrogens with zero attached hydrogens (tertiary/aromatic N) is 2. The molecule has 0 saturated carbocycles. The summed E-state index contributed by atoms with van der Waals surface area (Å²) in [6.45, 7) is 9.21. The Balaban J connectivity index is 1.70. The Bertz CT molecular complexity index is 730. The maximum Gasteiger partial charge on any atom is 0.159 e. The molecule has 1 fully saturated rings. The maximum absolute atomic E-state index is 11.8. The lowest BCUT2D eigenvalue weighted by atomic mass is 10.1. The molecule has 0 aliphatic carbocycles. The van der Waals surface area contributed by atoms with Crippen LogP contribution in [0, 0.1) is 0 Å². The number of anilines is 1. The van der Waals surface area contributed by atoms with Crippen LogP contribution in [0.15, 0.2) is 48.5 Å². The van der Waals surface area contributed by atoms with Crippen LogP contribution in [0.5, 0.6) is 5.75 Å². The molecular formula is C22H28N2O2. The summed E-state index contributed by atoms with van der Waals surface area (Å²) in [4.78, 5) is 16.7. The molecule has 0 radical (unpaired) electrons. The van der Waals surface area contributed by atoms with Crippen molar-refractivity contribution in [3.8, 4) is 5.75 Å². The smallest absolute Gasteiger partial charge is 0.159 e. The highest BCUT2D eigenvalue weighted by atomic mass is 16.5. The summed E-state index contributed by atoms with van der Waals surface area (Å²) in [7, 11) is 0. The van der Waals surface area contributed by atoms with Crippen molar-refractivity contribution in [1.82, 2.24) is 4.90 Å². The van der Waals surface area contributed by atoms with Crippen molar-refractivity contribution < 1.29 is 9.53 Å². The average Bonchev–Trinajstić information content (AvgIpc) is 2.89. The quantitative estimate of drug-likeness (QED) is 0.736. The van der Waals surface area contributed by atoms with E-state index in [1.165, 1.54) is 5.69 Å². The first-order valence-electron chi connectivity index (χ1n) is 9.46. The van der Waals surface area contributed by atoms with Gasteiger partial charge in [-0.05, 0) is 50.6 Å². The molecule has 2 aromatic rings. The third-order valence-corrected chi connectivity index (χ3v) is 4.87. The fourth-order valence-corrected chi connectivity index (χ4v) is 3.49. The SMILES string of the molecule is CCOc1ccc(C(C)=O)cc1CN1CCCN(c2ccccc2)CC1. The fourth-order valence-electron chi connectivity index (χ4n) is 3.49. The molecule has 0 amide bonds. The number of hydrogen-bond donors (Lipinski definition) is 0. The molecule has 26 heavy (non-hydrogen) atoms. The van der Waals surface area contributed by atoms with Gasteiger partial charge in [-0.2, -0.15) is 0 Å². The van der Waals surface area contributed by atoms with Crippen LogP contribution in [-0.2, 0) is 6.54 Å². The lowest BCUT2D eigenvalue weighted by Gasteiger charge is -2.24. The molecule has 2 aromatic carbocycles. The predicted molar refractivity (Wildman–Crippen MR) is 106 cm³/mol. The Labute approximate surface area is 156 Å². The molecule has 0 spiro atoms. The lowest BCUT2D eigenvalue weighted by Crippen LogP contribution is -2.30. The Morgan fingerprint density at radius 3 is 2.58 bits per heavy atom. The van der Waals surface area contributed by atoms with Gasteiger partial charge < -0.3 is 9.64 Å². The van der Waals surface area contributed by atoms with E-state index in [1.807, 2.05) is 25.1 Å². The van der Waals surface area contributed by atoms with E-state index in [1.54, 1.807) is 6.92 Å². The normalized spacial score (nSPS) is 15.5. The number of para-hydroxylation sites is 1. The Hall–Kier alpha value is -2.33. The first-order chi connectivity index (χ1) is 12.7. The van der Waals surface area contributed by atoms with Crippen molar-refractivity contribution in [2.24, 2.45) is 0 Å². The fraction of sp³-hybridized carbons (Fsp3) is 0.409. The van der Waals surface area contributed by atoms with Gasteiger partial charge in [0.15, 0.2) is 5.78 Å². The molecular weight excluding hydrogens is 324 g/mol. The predicted octanol–water partition coefficient (Wildman–Crippen LogP) is 4.00. The highest BCUT2D eigenvalue weighted by molar-refractivity contribution is 5.94. The highest BCUT2D eigenvalue weighted by Gasteiger charge is 2.17. The van der Waals surface area contributed by atoms with E-state index in [-0.39, 0.29) is 5.78 Å². The minimum atomic E-state index is 0.0976. The monoisotopic (exact) mass is 352 g/mol. The standard InChI is InChI=1S/C22H28N2O2/c1-3-26-22-11-10-19(18(2)25)16-20(22)17-23-12-7-13-24(15-14-23)21-8-5-4-6-9-21/h4-6,8-11,16H,3,7,12-15,17H2,1-2H3. The second kappa shape index (κ2) is 8.86. The van der Waals surface area contributed by atoms with Crippen molar-refractivity contribution in [3.63, 3.8) is 0 Å². The van der Waals surface area contributed by atoms with Crippen LogP contribution in [0.25, 0.3) is 0 Å². The zero-order valence-electron chi connectivity index (χ0n) is 15.8. The lowest BCUT2D eigenvalue weighted by molar-refractivity contribution is 0.101. The number of carbonyl (C=O) groups is 1. The number of benzene rings is 2. The minimum Gasteiger partial charge on any atom is -0.494 e. The topological polar surface area (TPSA) is 32.8 Å². The summed E-state index contributed by atoms with van der Waals surface area (Å²) < 4.78 is 5.79. The number of Topliss-reactive ketones (excluding diaryl/α,β-unsaturated/α-hetero) is 1. The molecule has 1 saturated heterocycles. The van der Waals surface area contributed by atoms with E-state index < -0.39 is 0 Å². The van der Waals surface area contributed by atoms with E-state index in [0.29, 0.717) is 6.61 Å².